The maximum Gasteiger partial charge on any atom is 0.273 e. The van der Waals surface area contributed by atoms with Crippen molar-refractivity contribution in [1.82, 2.24) is 24.4 Å². The van der Waals surface area contributed by atoms with Gasteiger partial charge in [-0.1, -0.05) is 25.0 Å². The monoisotopic (exact) mass is 449 g/mol. The summed E-state index contributed by atoms with van der Waals surface area (Å²) in [6.07, 6.45) is 9.09. The van der Waals surface area contributed by atoms with Crippen molar-refractivity contribution in [3.8, 4) is 0 Å². The van der Waals surface area contributed by atoms with Crippen LogP contribution in [0.5, 0.6) is 0 Å². The Labute approximate surface area is 194 Å². The number of likely N-dealkylation sites (tertiary alicyclic amines) is 1. The number of benzene rings is 1. The van der Waals surface area contributed by atoms with E-state index >= 15 is 0 Å². The van der Waals surface area contributed by atoms with Crippen LogP contribution < -0.4 is 11.3 Å². The number of aromatic amines is 1. The van der Waals surface area contributed by atoms with Crippen molar-refractivity contribution in [2.24, 2.45) is 5.73 Å². The standard InChI is InChI=1S/C25H35N7O/c1-17-9-8-10-18(2)31(17)13-6-3-7-14-32-22-12-5-4-11-20(22)30-21(25(32)33)15-19-16-28-24(29-19)23(26)27/h4-5,11-12,16-18H,3,6-10,13-15H2,1-2H3,(H3,26,27)(H,28,29)/t17-,18+. The van der Waals surface area contributed by atoms with Crippen LogP contribution in [0.4, 0.5) is 0 Å². The molecule has 8 heteroatoms. The average Bonchev–Trinajstić information content (AvgIpc) is 3.26. The van der Waals surface area contributed by atoms with Crippen LogP contribution in [-0.4, -0.2) is 48.9 Å². The molecule has 0 spiro atoms. The van der Waals surface area contributed by atoms with Gasteiger partial charge in [-0.15, -0.1) is 0 Å². The predicted molar refractivity (Wildman–Crippen MR) is 132 cm³/mol. The van der Waals surface area contributed by atoms with Gasteiger partial charge in [0.2, 0.25) is 0 Å². The number of nitrogen functional groups attached to an aromatic ring is 1. The number of H-pyrrole nitrogens is 1. The second-order valence-electron chi connectivity index (χ2n) is 9.28. The number of rotatable bonds is 9. The lowest BCUT2D eigenvalue weighted by atomic mass is 9.97. The molecule has 0 unspecified atom stereocenters. The van der Waals surface area contributed by atoms with Crippen LogP contribution >= 0.6 is 0 Å². The molecule has 0 saturated carbocycles. The number of nitrogens with two attached hydrogens (primary N) is 1. The third kappa shape index (κ3) is 5.33. The van der Waals surface area contributed by atoms with Gasteiger partial charge in [0, 0.05) is 36.9 Å². The SMILES string of the molecule is C[C@@H]1CCC[C@H](C)N1CCCCCn1c(=O)c(Cc2cnc(C(=N)N)[nH]2)nc2ccccc21. The Kier molecular flexibility index (Phi) is 7.23. The number of piperidine rings is 1. The Morgan fingerprint density at radius 2 is 1.88 bits per heavy atom. The maximum absolute atomic E-state index is 13.3. The summed E-state index contributed by atoms with van der Waals surface area (Å²) in [5.41, 5.74) is 8.31. The summed E-state index contributed by atoms with van der Waals surface area (Å²) >= 11 is 0. The van der Waals surface area contributed by atoms with E-state index in [9.17, 15) is 4.79 Å². The number of imidazole rings is 1. The summed E-state index contributed by atoms with van der Waals surface area (Å²) in [6.45, 7) is 6.51. The first-order chi connectivity index (χ1) is 15.9. The quantitative estimate of drug-likeness (QED) is 0.263. The van der Waals surface area contributed by atoms with E-state index in [-0.39, 0.29) is 11.4 Å². The molecule has 1 aliphatic rings. The highest BCUT2D eigenvalue weighted by Crippen LogP contribution is 2.23. The number of hydrogen-bond donors (Lipinski definition) is 3. The van der Waals surface area contributed by atoms with Crippen molar-refractivity contribution < 1.29 is 0 Å². The lowest BCUT2D eigenvalue weighted by Gasteiger charge is -2.39. The minimum Gasteiger partial charge on any atom is -0.381 e. The molecule has 0 radical (unpaired) electrons. The van der Waals surface area contributed by atoms with Crippen molar-refractivity contribution in [3.05, 3.63) is 58.0 Å². The van der Waals surface area contributed by atoms with Crippen LogP contribution in [0.25, 0.3) is 11.0 Å². The molecule has 4 rings (SSSR count). The summed E-state index contributed by atoms with van der Waals surface area (Å²) in [5.74, 6) is 0.182. The predicted octanol–water partition coefficient (Wildman–Crippen LogP) is 3.43. The molecular formula is C25H35N7O. The number of para-hydroxylation sites is 2. The second-order valence-corrected chi connectivity index (χ2v) is 9.28. The zero-order chi connectivity index (χ0) is 23.4. The summed E-state index contributed by atoms with van der Waals surface area (Å²) in [4.78, 5) is 27.7. The highest BCUT2D eigenvalue weighted by molar-refractivity contribution is 5.91. The first kappa shape index (κ1) is 23.2. The Morgan fingerprint density at radius 3 is 2.61 bits per heavy atom. The lowest BCUT2D eigenvalue weighted by molar-refractivity contribution is 0.101. The van der Waals surface area contributed by atoms with E-state index in [1.807, 2.05) is 28.8 Å². The van der Waals surface area contributed by atoms with E-state index in [1.165, 1.54) is 19.3 Å². The number of unbranched alkanes of at least 4 members (excludes halogenated alkanes) is 2. The van der Waals surface area contributed by atoms with Crippen molar-refractivity contribution in [3.63, 3.8) is 0 Å². The van der Waals surface area contributed by atoms with Gasteiger partial charge in [-0.05, 0) is 58.2 Å². The number of aryl methyl sites for hydroxylation is 1. The fourth-order valence-electron chi connectivity index (χ4n) is 5.01. The van der Waals surface area contributed by atoms with Crippen molar-refractivity contribution in [2.45, 2.75) is 77.4 Å². The Morgan fingerprint density at radius 1 is 1.15 bits per heavy atom. The van der Waals surface area contributed by atoms with Crippen molar-refractivity contribution in [2.75, 3.05) is 6.54 Å². The third-order valence-corrected chi connectivity index (χ3v) is 6.84. The molecule has 8 nitrogen and oxygen atoms in total. The number of aromatic nitrogens is 4. The van der Waals surface area contributed by atoms with Crippen LogP contribution in [0.1, 0.15) is 69.6 Å². The molecule has 1 fully saturated rings. The smallest absolute Gasteiger partial charge is 0.273 e. The summed E-state index contributed by atoms with van der Waals surface area (Å²) < 4.78 is 1.87. The minimum absolute atomic E-state index is 0.0639. The normalized spacial score (nSPS) is 19.2. The summed E-state index contributed by atoms with van der Waals surface area (Å²) in [7, 11) is 0. The molecule has 1 aliphatic heterocycles. The van der Waals surface area contributed by atoms with E-state index in [4.69, 9.17) is 11.1 Å². The zero-order valence-electron chi connectivity index (χ0n) is 19.7. The largest absolute Gasteiger partial charge is 0.381 e. The number of fused-ring (bicyclic) bond motifs is 1. The molecule has 4 N–H and O–H groups in total. The van der Waals surface area contributed by atoms with Gasteiger partial charge in [0.25, 0.3) is 5.56 Å². The van der Waals surface area contributed by atoms with Crippen molar-refractivity contribution >= 4 is 16.9 Å². The van der Waals surface area contributed by atoms with E-state index in [0.717, 1.165) is 42.5 Å². The molecule has 33 heavy (non-hydrogen) atoms. The van der Waals surface area contributed by atoms with Gasteiger partial charge < -0.3 is 15.3 Å². The topological polar surface area (TPSA) is 117 Å². The second kappa shape index (κ2) is 10.3. The van der Waals surface area contributed by atoms with Gasteiger partial charge in [0.15, 0.2) is 11.7 Å². The van der Waals surface area contributed by atoms with E-state index in [2.05, 4.69) is 33.7 Å². The number of nitrogens with one attached hydrogen (secondary N) is 2. The summed E-state index contributed by atoms with van der Waals surface area (Å²) in [5, 5.41) is 7.51. The highest BCUT2D eigenvalue weighted by Gasteiger charge is 2.23. The highest BCUT2D eigenvalue weighted by atomic mass is 16.1. The summed E-state index contributed by atoms with van der Waals surface area (Å²) in [6, 6.07) is 9.16. The number of nitrogens with zero attached hydrogens (tertiary/aromatic N) is 4. The van der Waals surface area contributed by atoms with Crippen LogP contribution in [0.15, 0.2) is 35.3 Å². The van der Waals surface area contributed by atoms with Gasteiger partial charge in [-0.3, -0.25) is 15.1 Å². The Balaban J connectivity index is 1.45. The molecule has 3 heterocycles. The molecule has 2 aromatic heterocycles. The van der Waals surface area contributed by atoms with Gasteiger partial charge in [0.05, 0.1) is 11.0 Å². The van der Waals surface area contributed by atoms with Crippen LogP contribution in [-0.2, 0) is 13.0 Å². The minimum atomic E-state index is -0.126. The Bertz CT molecular complexity index is 1160. The third-order valence-electron chi connectivity index (χ3n) is 6.84. The van der Waals surface area contributed by atoms with E-state index in [0.29, 0.717) is 36.6 Å². The molecule has 176 valence electrons. The maximum atomic E-state index is 13.3. The van der Waals surface area contributed by atoms with E-state index < -0.39 is 0 Å². The van der Waals surface area contributed by atoms with Gasteiger partial charge >= 0.3 is 0 Å². The van der Waals surface area contributed by atoms with Crippen molar-refractivity contribution in [1.29, 1.82) is 5.41 Å². The molecule has 3 aromatic rings. The number of hydrogen-bond acceptors (Lipinski definition) is 5. The van der Waals surface area contributed by atoms with Gasteiger partial charge in [-0.25, -0.2) is 9.97 Å². The fraction of sp³-hybridized carbons (Fsp3) is 0.520. The average molecular weight is 450 g/mol. The van der Waals surface area contributed by atoms with Crippen LogP contribution in [0.2, 0.25) is 0 Å². The van der Waals surface area contributed by atoms with Gasteiger partial charge in [0.1, 0.15) is 5.69 Å². The fourth-order valence-corrected chi connectivity index (χ4v) is 5.01. The zero-order valence-corrected chi connectivity index (χ0v) is 19.7. The van der Waals surface area contributed by atoms with Crippen LogP contribution in [0, 0.1) is 5.41 Å². The molecule has 2 atom stereocenters. The first-order valence-electron chi connectivity index (χ1n) is 12.1. The van der Waals surface area contributed by atoms with Gasteiger partial charge in [-0.2, -0.15) is 0 Å². The molecule has 0 aliphatic carbocycles. The van der Waals surface area contributed by atoms with Crippen LogP contribution in [0.3, 0.4) is 0 Å². The van der Waals surface area contributed by atoms with E-state index in [1.54, 1.807) is 6.20 Å². The molecule has 1 aromatic carbocycles. The molecule has 0 bridgehead atoms. The molecular weight excluding hydrogens is 414 g/mol. The molecule has 0 amide bonds. The Hall–Kier alpha value is -3.00. The first-order valence-corrected chi connectivity index (χ1v) is 12.1. The lowest BCUT2D eigenvalue weighted by Crippen LogP contribution is -2.44. The molecule has 1 saturated heterocycles. The number of amidine groups is 1.